The van der Waals surface area contributed by atoms with Crippen molar-refractivity contribution in [2.45, 2.75) is 26.3 Å². The number of aryl methyl sites for hydroxylation is 1. The zero-order valence-electron chi connectivity index (χ0n) is 10.2. The summed E-state index contributed by atoms with van der Waals surface area (Å²) in [7, 11) is 0. The van der Waals surface area contributed by atoms with Gasteiger partial charge >= 0.3 is 0 Å². The lowest BCUT2D eigenvalue weighted by Gasteiger charge is -2.07. The van der Waals surface area contributed by atoms with Gasteiger partial charge in [-0.15, -0.1) is 0 Å². The number of rotatable bonds is 5. The molecule has 0 aliphatic carbocycles. The topological polar surface area (TPSA) is 50.7 Å². The quantitative estimate of drug-likeness (QED) is 0.862. The van der Waals surface area contributed by atoms with Crippen molar-refractivity contribution in [3.8, 4) is 0 Å². The predicted molar refractivity (Wildman–Crippen MR) is 75.3 cm³/mol. The standard InChI is InChI=1S/C13H15BrN4/c1-2-5-12-17-11(14)8-13(18-12)16-9-10-6-3-4-7-15-10/h3-4,6-8H,2,5,9H2,1H3,(H,16,17,18). The number of pyridine rings is 1. The highest BCUT2D eigenvalue weighted by molar-refractivity contribution is 9.10. The molecular weight excluding hydrogens is 292 g/mol. The maximum absolute atomic E-state index is 4.46. The predicted octanol–water partition coefficient (Wildman–Crippen LogP) is 3.20. The van der Waals surface area contributed by atoms with E-state index in [9.17, 15) is 0 Å². The average molecular weight is 307 g/mol. The molecule has 4 nitrogen and oxygen atoms in total. The van der Waals surface area contributed by atoms with Gasteiger partial charge in [-0.3, -0.25) is 4.98 Å². The molecule has 0 aliphatic heterocycles. The van der Waals surface area contributed by atoms with E-state index in [1.807, 2.05) is 24.3 Å². The van der Waals surface area contributed by atoms with Crippen LogP contribution in [-0.2, 0) is 13.0 Å². The third-order valence-electron chi connectivity index (χ3n) is 2.39. The van der Waals surface area contributed by atoms with Crippen molar-refractivity contribution in [3.63, 3.8) is 0 Å². The smallest absolute Gasteiger partial charge is 0.132 e. The molecule has 2 heterocycles. The molecule has 0 atom stereocenters. The molecule has 0 bridgehead atoms. The summed E-state index contributed by atoms with van der Waals surface area (Å²) < 4.78 is 0.810. The van der Waals surface area contributed by atoms with Crippen molar-refractivity contribution in [1.29, 1.82) is 0 Å². The Morgan fingerprint density at radius 3 is 2.89 bits per heavy atom. The first-order chi connectivity index (χ1) is 8.78. The van der Waals surface area contributed by atoms with Crippen molar-refractivity contribution in [1.82, 2.24) is 15.0 Å². The molecule has 5 heteroatoms. The second-order valence-electron chi connectivity index (χ2n) is 3.92. The number of nitrogens with one attached hydrogen (secondary N) is 1. The van der Waals surface area contributed by atoms with Gasteiger partial charge in [0, 0.05) is 18.7 Å². The van der Waals surface area contributed by atoms with Crippen LogP contribution in [0.25, 0.3) is 0 Å². The third kappa shape index (κ3) is 3.77. The van der Waals surface area contributed by atoms with E-state index < -0.39 is 0 Å². The maximum atomic E-state index is 4.46. The fraction of sp³-hybridized carbons (Fsp3) is 0.308. The number of hydrogen-bond donors (Lipinski definition) is 1. The Hall–Kier alpha value is -1.49. The Morgan fingerprint density at radius 2 is 2.17 bits per heavy atom. The molecule has 0 unspecified atom stereocenters. The minimum atomic E-state index is 0.663. The highest BCUT2D eigenvalue weighted by atomic mass is 79.9. The summed E-state index contributed by atoms with van der Waals surface area (Å²) in [5.41, 5.74) is 0.990. The summed E-state index contributed by atoms with van der Waals surface area (Å²) in [5.74, 6) is 1.68. The first-order valence-electron chi connectivity index (χ1n) is 5.95. The molecule has 2 aromatic rings. The van der Waals surface area contributed by atoms with E-state index in [4.69, 9.17) is 0 Å². The van der Waals surface area contributed by atoms with Gasteiger partial charge in [0.1, 0.15) is 16.2 Å². The van der Waals surface area contributed by atoms with Gasteiger partial charge in [-0.25, -0.2) is 9.97 Å². The van der Waals surface area contributed by atoms with Crippen molar-refractivity contribution in [2.24, 2.45) is 0 Å². The molecular formula is C13H15BrN4. The van der Waals surface area contributed by atoms with Gasteiger partial charge in [-0.1, -0.05) is 13.0 Å². The van der Waals surface area contributed by atoms with Gasteiger partial charge in [-0.05, 0) is 34.5 Å². The van der Waals surface area contributed by atoms with Gasteiger partial charge in [0.15, 0.2) is 0 Å². The summed E-state index contributed by atoms with van der Waals surface area (Å²) in [4.78, 5) is 13.0. The van der Waals surface area contributed by atoms with Crippen molar-refractivity contribution in [3.05, 3.63) is 46.6 Å². The first kappa shape index (κ1) is 13.0. The molecule has 0 saturated carbocycles. The van der Waals surface area contributed by atoms with E-state index in [1.165, 1.54) is 0 Å². The summed E-state index contributed by atoms with van der Waals surface area (Å²) in [6.45, 7) is 2.78. The van der Waals surface area contributed by atoms with E-state index in [0.29, 0.717) is 6.54 Å². The van der Waals surface area contributed by atoms with Crippen LogP contribution in [0.5, 0.6) is 0 Å². The molecule has 2 aromatic heterocycles. The van der Waals surface area contributed by atoms with E-state index in [2.05, 4.69) is 43.1 Å². The largest absolute Gasteiger partial charge is 0.364 e. The third-order valence-corrected chi connectivity index (χ3v) is 2.80. The van der Waals surface area contributed by atoms with Crippen LogP contribution in [-0.4, -0.2) is 15.0 Å². The fourth-order valence-corrected chi connectivity index (χ4v) is 2.00. The molecule has 0 amide bonds. The highest BCUT2D eigenvalue weighted by Gasteiger charge is 2.02. The zero-order valence-corrected chi connectivity index (χ0v) is 11.8. The highest BCUT2D eigenvalue weighted by Crippen LogP contribution is 2.13. The lowest BCUT2D eigenvalue weighted by molar-refractivity contribution is 0.827. The summed E-state index contributed by atoms with van der Waals surface area (Å²) >= 11 is 3.40. The van der Waals surface area contributed by atoms with Gasteiger partial charge in [-0.2, -0.15) is 0 Å². The molecule has 0 aliphatic rings. The Bertz CT molecular complexity index is 502. The minimum Gasteiger partial charge on any atom is -0.364 e. The van der Waals surface area contributed by atoms with E-state index >= 15 is 0 Å². The van der Waals surface area contributed by atoms with E-state index in [1.54, 1.807) is 6.20 Å². The average Bonchev–Trinajstić information content (AvgIpc) is 2.37. The Balaban J connectivity index is 2.05. The Labute approximate surface area is 115 Å². The molecule has 0 aromatic carbocycles. The molecule has 0 spiro atoms. The summed E-state index contributed by atoms with van der Waals surface area (Å²) in [6, 6.07) is 7.74. The number of halogens is 1. The Kier molecular flexibility index (Phi) is 4.64. The summed E-state index contributed by atoms with van der Waals surface area (Å²) in [5, 5.41) is 3.26. The van der Waals surface area contributed by atoms with Crippen molar-refractivity contribution < 1.29 is 0 Å². The Morgan fingerprint density at radius 1 is 1.28 bits per heavy atom. The minimum absolute atomic E-state index is 0.663. The lowest BCUT2D eigenvalue weighted by atomic mass is 10.3. The van der Waals surface area contributed by atoms with Gasteiger partial charge in [0.25, 0.3) is 0 Å². The zero-order chi connectivity index (χ0) is 12.8. The van der Waals surface area contributed by atoms with Gasteiger partial charge in [0.2, 0.25) is 0 Å². The summed E-state index contributed by atoms with van der Waals surface area (Å²) in [6.07, 6.45) is 3.71. The van der Waals surface area contributed by atoms with Gasteiger partial charge in [0.05, 0.1) is 12.2 Å². The lowest BCUT2D eigenvalue weighted by Crippen LogP contribution is -2.05. The van der Waals surface area contributed by atoms with Crippen molar-refractivity contribution in [2.75, 3.05) is 5.32 Å². The number of aromatic nitrogens is 3. The van der Waals surface area contributed by atoms with Crippen LogP contribution < -0.4 is 5.32 Å². The number of nitrogens with zero attached hydrogens (tertiary/aromatic N) is 3. The first-order valence-corrected chi connectivity index (χ1v) is 6.74. The number of hydrogen-bond acceptors (Lipinski definition) is 4. The molecule has 0 saturated heterocycles. The molecule has 0 fully saturated rings. The van der Waals surface area contributed by atoms with Crippen LogP contribution in [0.3, 0.4) is 0 Å². The maximum Gasteiger partial charge on any atom is 0.132 e. The van der Waals surface area contributed by atoms with E-state index in [0.717, 1.165) is 34.8 Å². The van der Waals surface area contributed by atoms with Crippen LogP contribution in [0.1, 0.15) is 24.9 Å². The van der Waals surface area contributed by atoms with Crippen LogP contribution in [0.15, 0.2) is 35.1 Å². The van der Waals surface area contributed by atoms with Crippen LogP contribution >= 0.6 is 15.9 Å². The molecule has 1 N–H and O–H groups in total. The number of anilines is 1. The second kappa shape index (κ2) is 6.44. The molecule has 2 rings (SSSR count). The molecule has 18 heavy (non-hydrogen) atoms. The van der Waals surface area contributed by atoms with Gasteiger partial charge < -0.3 is 5.32 Å². The van der Waals surface area contributed by atoms with Crippen LogP contribution in [0, 0.1) is 0 Å². The van der Waals surface area contributed by atoms with Crippen molar-refractivity contribution >= 4 is 21.7 Å². The fourth-order valence-electron chi connectivity index (χ4n) is 1.57. The van der Waals surface area contributed by atoms with E-state index in [-0.39, 0.29) is 0 Å². The molecule has 94 valence electrons. The monoisotopic (exact) mass is 306 g/mol. The second-order valence-corrected chi connectivity index (χ2v) is 4.73. The normalized spacial score (nSPS) is 10.3. The van der Waals surface area contributed by atoms with Crippen LogP contribution in [0.2, 0.25) is 0 Å². The molecule has 0 radical (unpaired) electrons. The SMILES string of the molecule is CCCc1nc(Br)cc(NCc2ccccn2)n1. The van der Waals surface area contributed by atoms with Crippen LogP contribution in [0.4, 0.5) is 5.82 Å².